The van der Waals surface area contributed by atoms with Crippen molar-refractivity contribution in [3.63, 3.8) is 0 Å². The van der Waals surface area contributed by atoms with E-state index in [4.69, 9.17) is 0 Å². The molecule has 0 amide bonds. The summed E-state index contributed by atoms with van der Waals surface area (Å²) in [6.45, 7) is 8.08. The molecule has 0 aromatic rings. The van der Waals surface area contributed by atoms with Gasteiger partial charge in [0, 0.05) is 6.08 Å². The van der Waals surface area contributed by atoms with Gasteiger partial charge >= 0.3 is 0 Å². The summed E-state index contributed by atoms with van der Waals surface area (Å²) in [6, 6.07) is 0. The summed E-state index contributed by atoms with van der Waals surface area (Å²) < 4.78 is -0.462. The molecule has 1 rings (SSSR count). The Morgan fingerprint density at radius 2 is 2.13 bits per heavy atom. The molecule has 3 heteroatoms. The van der Waals surface area contributed by atoms with Crippen LogP contribution in [0.2, 0.25) is 0 Å². The van der Waals surface area contributed by atoms with Crippen LogP contribution in [0.25, 0.3) is 0 Å². The van der Waals surface area contributed by atoms with Crippen LogP contribution < -0.4 is 0 Å². The van der Waals surface area contributed by atoms with E-state index in [2.05, 4.69) is 19.9 Å². The molecule has 0 aromatic carbocycles. The average molecular weight is 226 g/mol. The second-order valence-electron chi connectivity index (χ2n) is 4.23. The molecule has 0 saturated heterocycles. The predicted molar refractivity (Wildman–Crippen MR) is 64.9 cm³/mol. The molecule has 0 spiro atoms. The summed E-state index contributed by atoms with van der Waals surface area (Å²) in [5.74, 6) is 0.775. The Kier molecular flexibility index (Phi) is 3.66. The van der Waals surface area contributed by atoms with Gasteiger partial charge in [0.2, 0.25) is 5.12 Å². The first-order chi connectivity index (χ1) is 6.91. The van der Waals surface area contributed by atoms with Gasteiger partial charge in [-0.05, 0) is 25.7 Å². The molecule has 1 N–H and O–H groups in total. The van der Waals surface area contributed by atoms with Crippen molar-refractivity contribution >= 4 is 16.9 Å². The fraction of sp³-hybridized carbons (Fsp3) is 0.583. The molecule has 0 bridgehead atoms. The molecule has 1 aliphatic rings. The van der Waals surface area contributed by atoms with Crippen LogP contribution in [0.5, 0.6) is 0 Å². The minimum atomic E-state index is -0.462. The average Bonchev–Trinajstić information content (AvgIpc) is 2.41. The van der Waals surface area contributed by atoms with Crippen LogP contribution in [0, 0.1) is 11.8 Å². The van der Waals surface area contributed by atoms with Crippen molar-refractivity contribution < 1.29 is 9.90 Å². The second kappa shape index (κ2) is 4.44. The van der Waals surface area contributed by atoms with E-state index >= 15 is 0 Å². The summed E-state index contributed by atoms with van der Waals surface area (Å²) in [5, 5.41) is 9.75. The molecule has 0 aromatic heterocycles. The molecular weight excluding hydrogens is 208 g/mol. The van der Waals surface area contributed by atoms with E-state index in [1.807, 2.05) is 19.9 Å². The van der Waals surface area contributed by atoms with Gasteiger partial charge in [-0.25, -0.2) is 0 Å². The lowest BCUT2D eigenvalue weighted by molar-refractivity contribution is -0.106. The van der Waals surface area contributed by atoms with E-state index in [9.17, 15) is 9.90 Å². The van der Waals surface area contributed by atoms with Gasteiger partial charge in [-0.15, -0.1) is 0 Å². The van der Waals surface area contributed by atoms with Crippen molar-refractivity contribution in [2.24, 2.45) is 11.8 Å². The lowest BCUT2D eigenvalue weighted by Gasteiger charge is -2.33. The lowest BCUT2D eigenvalue weighted by atomic mass is 9.83. The van der Waals surface area contributed by atoms with Crippen LogP contribution in [-0.2, 0) is 4.79 Å². The second-order valence-corrected chi connectivity index (χ2v) is 5.69. The molecule has 2 nitrogen and oxygen atoms in total. The third kappa shape index (κ3) is 2.28. The zero-order valence-corrected chi connectivity index (χ0v) is 10.5. The Hall–Kier alpha value is -0.700. The number of hydrogen-bond donors (Lipinski definition) is 1. The van der Waals surface area contributed by atoms with E-state index in [1.54, 1.807) is 0 Å². The number of allylic oxidation sites excluding steroid dienone is 2. The van der Waals surface area contributed by atoms with Crippen molar-refractivity contribution in [1.82, 2.24) is 0 Å². The maximum atomic E-state index is 11.3. The van der Waals surface area contributed by atoms with Crippen molar-refractivity contribution in [1.29, 1.82) is 0 Å². The van der Waals surface area contributed by atoms with E-state index < -0.39 is 4.75 Å². The fourth-order valence-corrected chi connectivity index (χ4v) is 3.00. The maximum Gasteiger partial charge on any atom is 0.216 e. The highest BCUT2D eigenvalue weighted by Gasteiger charge is 2.44. The first-order valence-electron chi connectivity index (χ1n) is 5.18. The Balaban J connectivity index is 2.88. The smallest absolute Gasteiger partial charge is 0.216 e. The fourth-order valence-electron chi connectivity index (χ4n) is 1.84. The molecule has 0 saturated carbocycles. The maximum absolute atomic E-state index is 11.3. The Labute approximate surface area is 95.4 Å². The topological polar surface area (TPSA) is 37.3 Å². The van der Waals surface area contributed by atoms with Crippen molar-refractivity contribution in [2.75, 3.05) is 0 Å². The third-order valence-electron chi connectivity index (χ3n) is 3.23. The zero-order valence-electron chi connectivity index (χ0n) is 9.65. The Morgan fingerprint density at radius 1 is 1.53 bits per heavy atom. The van der Waals surface area contributed by atoms with Gasteiger partial charge < -0.3 is 5.11 Å². The zero-order chi connectivity index (χ0) is 11.6. The van der Waals surface area contributed by atoms with Crippen molar-refractivity contribution in [3.8, 4) is 0 Å². The molecule has 1 aliphatic heterocycles. The normalized spacial score (nSPS) is 30.7. The molecule has 15 heavy (non-hydrogen) atoms. The van der Waals surface area contributed by atoms with Crippen LogP contribution in [-0.4, -0.2) is 15.0 Å². The summed E-state index contributed by atoms with van der Waals surface area (Å²) in [4.78, 5) is 11.3. The number of hydrogen-bond acceptors (Lipinski definition) is 3. The molecule has 0 radical (unpaired) electrons. The SMILES string of the molecule is C/C=C/C(C)C(C)[C@@]1(C)SC(=O)C=C1O. The number of carbonyl (C=O) groups is 1. The van der Waals surface area contributed by atoms with Crippen LogP contribution in [0.1, 0.15) is 27.7 Å². The summed E-state index contributed by atoms with van der Waals surface area (Å²) >= 11 is 1.22. The van der Waals surface area contributed by atoms with Crippen molar-refractivity contribution in [2.45, 2.75) is 32.4 Å². The van der Waals surface area contributed by atoms with Crippen LogP contribution in [0.15, 0.2) is 24.0 Å². The minimum absolute atomic E-state index is 0.0467. The molecule has 0 fully saturated rings. The highest BCUT2D eigenvalue weighted by atomic mass is 32.2. The van der Waals surface area contributed by atoms with E-state index in [0.29, 0.717) is 5.92 Å². The molecule has 84 valence electrons. The summed E-state index contributed by atoms with van der Waals surface area (Å²) in [6.07, 6.45) is 5.45. The molecule has 2 unspecified atom stereocenters. The number of rotatable bonds is 3. The monoisotopic (exact) mass is 226 g/mol. The van der Waals surface area contributed by atoms with Gasteiger partial charge in [0.05, 0.1) is 4.75 Å². The van der Waals surface area contributed by atoms with Gasteiger partial charge in [0.1, 0.15) is 5.76 Å². The molecule has 3 atom stereocenters. The van der Waals surface area contributed by atoms with Crippen LogP contribution in [0.4, 0.5) is 0 Å². The lowest BCUT2D eigenvalue weighted by Crippen LogP contribution is -2.33. The quantitative estimate of drug-likeness (QED) is 0.750. The predicted octanol–water partition coefficient (Wildman–Crippen LogP) is 3.31. The summed E-state index contributed by atoms with van der Waals surface area (Å²) in [5.41, 5.74) is 0. The minimum Gasteiger partial charge on any atom is -0.511 e. The highest BCUT2D eigenvalue weighted by Crippen LogP contribution is 2.46. The van der Waals surface area contributed by atoms with Crippen LogP contribution >= 0.6 is 11.8 Å². The number of aliphatic hydroxyl groups is 1. The van der Waals surface area contributed by atoms with Gasteiger partial charge in [0.25, 0.3) is 0 Å². The first-order valence-corrected chi connectivity index (χ1v) is 6.00. The third-order valence-corrected chi connectivity index (χ3v) is 4.55. The molecular formula is C12H18O2S. The van der Waals surface area contributed by atoms with Gasteiger partial charge in [-0.1, -0.05) is 37.8 Å². The van der Waals surface area contributed by atoms with Gasteiger partial charge in [0.15, 0.2) is 0 Å². The number of thioether (sulfide) groups is 1. The molecule has 0 aliphatic carbocycles. The highest BCUT2D eigenvalue weighted by molar-refractivity contribution is 8.15. The Morgan fingerprint density at radius 3 is 2.53 bits per heavy atom. The first kappa shape index (κ1) is 12.4. The van der Waals surface area contributed by atoms with Gasteiger partial charge in [-0.2, -0.15) is 0 Å². The number of aliphatic hydroxyl groups excluding tert-OH is 1. The Bertz CT molecular complexity index is 320. The summed E-state index contributed by atoms with van der Waals surface area (Å²) in [7, 11) is 0. The number of carbonyl (C=O) groups excluding carboxylic acids is 1. The van der Waals surface area contributed by atoms with E-state index in [0.717, 1.165) is 0 Å². The van der Waals surface area contributed by atoms with Crippen molar-refractivity contribution in [3.05, 3.63) is 24.0 Å². The van der Waals surface area contributed by atoms with E-state index in [1.165, 1.54) is 17.8 Å². The van der Waals surface area contributed by atoms with Gasteiger partial charge in [-0.3, -0.25) is 4.79 Å². The largest absolute Gasteiger partial charge is 0.511 e. The standard InChI is InChI=1S/C12H18O2S/c1-5-6-8(2)9(3)12(4)10(13)7-11(14)15-12/h5-9,13H,1-4H3/b6-5+/t8?,9?,12-/m1/s1. The molecule has 1 heterocycles. The van der Waals surface area contributed by atoms with Crippen LogP contribution in [0.3, 0.4) is 0 Å². The van der Waals surface area contributed by atoms with E-state index in [-0.39, 0.29) is 16.8 Å².